The molecule has 0 fully saturated rings. The molecule has 0 spiro atoms. The van der Waals surface area contributed by atoms with Crippen LogP contribution in [0.25, 0.3) is 0 Å². The third kappa shape index (κ3) is 2.89. The number of anilines is 2. The summed E-state index contributed by atoms with van der Waals surface area (Å²) in [6.45, 7) is 5.11. The maximum absolute atomic E-state index is 11.7. The Kier molecular flexibility index (Phi) is 3.85. The Morgan fingerprint density at radius 2 is 1.94 bits per heavy atom. The lowest BCUT2D eigenvalue weighted by atomic mass is 10.2. The SMILES string of the molecule is Cc1cc(N)c(NS(=O)(=O)C(C)C)c(Br)c1. The Morgan fingerprint density at radius 3 is 2.38 bits per heavy atom. The molecular formula is C10H15BrN2O2S. The summed E-state index contributed by atoms with van der Waals surface area (Å²) in [5.41, 5.74) is 7.56. The predicted molar refractivity (Wildman–Crippen MR) is 71.0 cm³/mol. The second-order valence-corrected chi connectivity index (χ2v) is 7.00. The summed E-state index contributed by atoms with van der Waals surface area (Å²) >= 11 is 3.29. The van der Waals surface area contributed by atoms with E-state index < -0.39 is 15.3 Å². The highest BCUT2D eigenvalue weighted by atomic mass is 79.9. The number of aryl methyl sites for hydroxylation is 1. The van der Waals surface area contributed by atoms with E-state index in [1.54, 1.807) is 19.9 Å². The molecular weight excluding hydrogens is 292 g/mol. The molecule has 0 bridgehead atoms. The first-order valence-corrected chi connectivity index (χ1v) is 7.15. The molecule has 1 aromatic rings. The van der Waals surface area contributed by atoms with Gasteiger partial charge in [-0.05, 0) is 54.4 Å². The number of nitrogens with one attached hydrogen (secondary N) is 1. The molecule has 90 valence electrons. The summed E-state index contributed by atoms with van der Waals surface area (Å²) in [5.74, 6) is 0. The summed E-state index contributed by atoms with van der Waals surface area (Å²) in [7, 11) is -3.37. The van der Waals surface area contributed by atoms with Crippen LogP contribution in [0.15, 0.2) is 16.6 Å². The van der Waals surface area contributed by atoms with Gasteiger partial charge in [0.05, 0.1) is 16.6 Å². The molecule has 1 rings (SSSR count). The Balaban J connectivity index is 3.17. The fourth-order valence-corrected chi connectivity index (χ4v) is 2.71. The number of nitrogens with two attached hydrogens (primary N) is 1. The second-order valence-electron chi connectivity index (χ2n) is 3.91. The van der Waals surface area contributed by atoms with Gasteiger partial charge in [-0.3, -0.25) is 4.72 Å². The van der Waals surface area contributed by atoms with Crippen molar-refractivity contribution in [1.82, 2.24) is 0 Å². The molecule has 0 unspecified atom stereocenters. The summed E-state index contributed by atoms with van der Waals surface area (Å²) < 4.78 is 26.5. The standard InChI is InChI=1S/C10H15BrN2O2S/c1-6(2)16(14,15)13-10-8(11)4-7(3)5-9(10)12/h4-6,13H,12H2,1-3H3. The molecule has 0 aliphatic rings. The van der Waals surface area contributed by atoms with E-state index in [1.807, 2.05) is 13.0 Å². The predicted octanol–water partition coefficient (Wildman–Crippen LogP) is 2.49. The average Bonchev–Trinajstić information content (AvgIpc) is 2.11. The zero-order valence-corrected chi connectivity index (χ0v) is 11.8. The van der Waals surface area contributed by atoms with E-state index in [-0.39, 0.29) is 0 Å². The number of hydrogen-bond acceptors (Lipinski definition) is 3. The van der Waals surface area contributed by atoms with Crippen molar-refractivity contribution in [3.8, 4) is 0 Å². The van der Waals surface area contributed by atoms with Gasteiger partial charge in [0.25, 0.3) is 0 Å². The van der Waals surface area contributed by atoms with E-state index in [9.17, 15) is 8.42 Å². The Bertz CT molecular complexity index is 475. The van der Waals surface area contributed by atoms with Gasteiger partial charge >= 0.3 is 0 Å². The summed E-state index contributed by atoms with van der Waals surface area (Å²) in [6, 6.07) is 3.54. The largest absolute Gasteiger partial charge is 0.397 e. The molecule has 0 radical (unpaired) electrons. The summed E-state index contributed by atoms with van der Waals surface area (Å²) in [5, 5.41) is -0.500. The Hall–Kier alpha value is -0.750. The molecule has 0 atom stereocenters. The topological polar surface area (TPSA) is 72.2 Å². The molecule has 0 heterocycles. The molecule has 0 aliphatic carbocycles. The minimum Gasteiger partial charge on any atom is -0.397 e. The van der Waals surface area contributed by atoms with Crippen molar-refractivity contribution in [2.45, 2.75) is 26.0 Å². The first-order valence-electron chi connectivity index (χ1n) is 4.81. The molecule has 4 nitrogen and oxygen atoms in total. The third-order valence-corrected chi connectivity index (χ3v) is 4.49. The molecule has 0 saturated heterocycles. The Labute approximate surface area is 104 Å². The van der Waals surface area contributed by atoms with E-state index in [2.05, 4.69) is 20.7 Å². The first kappa shape index (κ1) is 13.3. The second kappa shape index (κ2) is 4.63. The molecule has 0 aliphatic heterocycles. The number of benzene rings is 1. The van der Waals surface area contributed by atoms with Crippen LogP contribution < -0.4 is 10.5 Å². The van der Waals surface area contributed by atoms with Crippen LogP contribution in [0, 0.1) is 6.92 Å². The normalized spacial score (nSPS) is 11.8. The zero-order valence-electron chi connectivity index (χ0n) is 9.41. The lowest BCUT2D eigenvalue weighted by molar-refractivity contribution is 0.593. The highest BCUT2D eigenvalue weighted by molar-refractivity contribution is 9.10. The lowest BCUT2D eigenvalue weighted by Crippen LogP contribution is -2.23. The molecule has 0 aromatic heterocycles. The molecule has 3 N–H and O–H groups in total. The zero-order chi connectivity index (χ0) is 12.5. The van der Waals surface area contributed by atoms with Crippen molar-refractivity contribution in [2.75, 3.05) is 10.5 Å². The highest BCUT2D eigenvalue weighted by Gasteiger charge is 2.18. The summed E-state index contributed by atoms with van der Waals surface area (Å²) in [4.78, 5) is 0. The maximum Gasteiger partial charge on any atom is 0.235 e. The van der Waals surface area contributed by atoms with Crippen molar-refractivity contribution >= 4 is 37.3 Å². The van der Waals surface area contributed by atoms with Crippen molar-refractivity contribution in [2.24, 2.45) is 0 Å². The fourth-order valence-electron chi connectivity index (χ4n) is 1.14. The first-order chi connectivity index (χ1) is 7.24. The van der Waals surface area contributed by atoms with Crippen LogP contribution in [0.5, 0.6) is 0 Å². The van der Waals surface area contributed by atoms with Gasteiger partial charge in [-0.2, -0.15) is 0 Å². The quantitative estimate of drug-likeness (QED) is 0.843. The minimum absolute atomic E-state index is 0.402. The number of nitrogen functional groups attached to an aromatic ring is 1. The number of rotatable bonds is 3. The van der Waals surface area contributed by atoms with Crippen LogP contribution in [0.4, 0.5) is 11.4 Å². The number of halogens is 1. The highest BCUT2D eigenvalue weighted by Crippen LogP contribution is 2.31. The fraction of sp³-hybridized carbons (Fsp3) is 0.400. The van der Waals surface area contributed by atoms with E-state index in [4.69, 9.17) is 5.73 Å². The number of sulfonamides is 1. The van der Waals surface area contributed by atoms with E-state index in [0.717, 1.165) is 5.56 Å². The summed E-state index contributed by atoms with van der Waals surface area (Å²) in [6.07, 6.45) is 0. The van der Waals surface area contributed by atoms with Gasteiger partial charge in [-0.1, -0.05) is 0 Å². The van der Waals surface area contributed by atoms with Gasteiger partial charge < -0.3 is 5.73 Å². The molecule has 0 amide bonds. The van der Waals surface area contributed by atoms with Crippen LogP contribution in [-0.2, 0) is 10.0 Å². The molecule has 1 aromatic carbocycles. The maximum atomic E-state index is 11.7. The van der Waals surface area contributed by atoms with E-state index in [0.29, 0.717) is 15.8 Å². The molecule has 6 heteroatoms. The van der Waals surface area contributed by atoms with Crippen molar-refractivity contribution in [3.05, 3.63) is 22.2 Å². The molecule has 0 saturated carbocycles. The van der Waals surface area contributed by atoms with Gasteiger partial charge in [0.2, 0.25) is 10.0 Å². The third-order valence-electron chi connectivity index (χ3n) is 2.13. The monoisotopic (exact) mass is 306 g/mol. The van der Waals surface area contributed by atoms with Gasteiger partial charge in [0.15, 0.2) is 0 Å². The lowest BCUT2D eigenvalue weighted by Gasteiger charge is -2.14. The van der Waals surface area contributed by atoms with Crippen molar-refractivity contribution in [3.63, 3.8) is 0 Å². The Morgan fingerprint density at radius 1 is 1.38 bits per heavy atom. The van der Waals surface area contributed by atoms with Crippen LogP contribution in [0.1, 0.15) is 19.4 Å². The smallest absolute Gasteiger partial charge is 0.235 e. The number of hydrogen-bond donors (Lipinski definition) is 2. The van der Waals surface area contributed by atoms with E-state index >= 15 is 0 Å². The van der Waals surface area contributed by atoms with Crippen LogP contribution in [0.2, 0.25) is 0 Å². The van der Waals surface area contributed by atoms with Gasteiger partial charge in [-0.25, -0.2) is 8.42 Å². The van der Waals surface area contributed by atoms with Crippen LogP contribution >= 0.6 is 15.9 Å². The van der Waals surface area contributed by atoms with Gasteiger partial charge in [0.1, 0.15) is 0 Å². The molecule has 16 heavy (non-hydrogen) atoms. The van der Waals surface area contributed by atoms with Gasteiger partial charge in [0, 0.05) is 4.47 Å². The van der Waals surface area contributed by atoms with E-state index in [1.165, 1.54) is 0 Å². The van der Waals surface area contributed by atoms with Crippen molar-refractivity contribution < 1.29 is 8.42 Å². The van der Waals surface area contributed by atoms with Crippen LogP contribution in [-0.4, -0.2) is 13.7 Å². The van der Waals surface area contributed by atoms with Crippen molar-refractivity contribution in [1.29, 1.82) is 0 Å². The minimum atomic E-state index is -3.37. The van der Waals surface area contributed by atoms with Gasteiger partial charge in [-0.15, -0.1) is 0 Å². The van der Waals surface area contributed by atoms with Crippen LogP contribution in [0.3, 0.4) is 0 Å². The average molecular weight is 307 g/mol.